The molecule has 0 aliphatic heterocycles. The third-order valence-corrected chi connectivity index (χ3v) is 5.47. The van der Waals surface area contributed by atoms with Gasteiger partial charge in [0.05, 0.1) is 0 Å². The molecule has 3 heteroatoms. The summed E-state index contributed by atoms with van der Waals surface area (Å²) in [5.41, 5.74) is 1.32. The van der Waals surface area contributed by atoms with Gasteiger partial charge in [0.15, 0.2) is 0 Å². The minimum atomic E-state index is -0.282. The van der Waals surface area contributed by atoms with Crippen molar-refractivity contribution >= 4 is 5.91 Å². The molecule has 2 bridgehead atoms. The van der Waals surface area contributed by atoms with Gasteiger partial charge in [0.25, 0.3) is 5.91 Å². The number of amides is 1. The lowest BCUT2D eigenvalue weighted by molar-refractivity contribution is 0.0943. The van der Waals surface area contributed by atoms with E-state index >= 15 is 0 Å². The number of rotatable bonds is 2. The van der Waals surface area contributed by atoms with Gasteiger partial charge in [0.1, 0.15) is 5.82 Å². The monoisotopic (exact) mass is 259 g/mol. The van der Waals surface area contributed by atoms with Crippen LogP contribution in [0.25, 0.3) is 0 Å². The standard InChI is InChI=1S/C16H18FNO/c1-8-6-11(17)4-5-12(8)16(19)18-15-13-9-2-3-10(7-9)14(13)15/h4-6,9-10,13-15H,2-3,7H2,1H3,(H,18,19). The van der Waals surface area contributed by atoms with Crippen molar-refractivity contribution in [3.8, 4) is 0 Å². The van der Waals surface area contributed by atoms with Crippen LogP contribution < -0.4 is 5.32 Å². The van der Waals surface area contributed by atoms with Crippen molar-refractivity contribution in [1.82, 2.24) is 5.32 Å². The molecule has 19 heavy (non-hydrogen) atoms. The topological polar surface area (TPSA) is 29.1 Å². The molecule has 0 radical (unpaired) electrons. The Morgan fingerprint density at radius 2 is 1.95 bits per heavy atom. The lowest BCUT2D eigenvalue weighted by atomic mass is 10.0. The van der Waals surface area contributed by atoms with E-state index < -0.39 is 0 Å². The van der Waals surface area contributed by atoms with Crippen LogP contribution in [-0.4, -0.2) is 11.9 Å². The summed E-state index contributed by atoms with van der Waals surface area (Å²) in [4.78, 5) is 12.3. The molecule has 4 atom stereocenters. The first kappa shape index (κ1) is 11.4. The highest BCUT2D eigenvalue weighted by molar-refractivity contribution is 5.96. The van der Waals surface area contributed by atoms with E-state index in [0.29, 0.717) is 17.2 Å². The van der Waals surface area contributed by atoms with Gasteiger partial charge in [0.2, 0.25) is 0 Å². The van der Waals surface area contributed by atoms with E-state index in [9.17, 15) is 9.18 Å². The molecule has 0 spiro atoms. The summed E-state index contributed by atoms with van der Waals surface area (Å²) in [6, 6.07) is 4.77. The van der Waals surface area contributed by atoms with Crippen molar-refractivity contribution in [3.63, 3.8) is 0 Å². The Bertz CT molecular complexity index is 540. The summed E-state index contributed by atoms with van der Waals surface area (Å²) in [5, 5.41) is 3.17. The van der Waals surface area contributed by atoms with Crippen LogP contribution in [0.4, 0.5) is 4.39 Å². The predicted molar refractivity (Wildman–Crippen MR) is 70.2 cm³/mol. The highest BCUT2D eigenvalue weighted by Gasteiger charge is 2.65. The number of halogens is 1. The first-order valence-electron chi connectivity index (χ1n) is 7.22. The Morgan fingerprint density at radius 3 is 2.58 bits per heavy atom. The summed E-state index contributed by atoms with van der Waals surface area (Å²) < 4.78 is 13.1. The lowest BCUT2D eigenvalue weighted by Gasteiger charge is -2.12. The van der Waals surface area contributed by atoms with E-state index in [-0.39, 0.29) is 11.7 Å². The molecule has 1 amide bonds. The highest BCUT2D eigenvalue weighted by Crippen LogP contribution is 2.65. The van der Waals surface area contributed by atoms with E-state index in [1.54, 1.807) is 13.0 Å². The van der Waals surface area contributed by atoms with Crippen molar-refractivity contribution in [2.24, 2.45) is 23.7 Å². The first-order chi connectivity index (χ1) is 9.15. The molecular formula is C16H18FNO. The summed E-state index contributed by atoms with van der Waals surface area (Å²) in [7, 11) is 0. The maximum absolute atomic E-state index is 13.1. The Balaban J connectivity index is 1.48. The fourth-order valence-electron chi connectivity index (χ4n) is 4.63. The van der Waals surface area contributed by atoms with Gasteiger partial charge in [-0.2, -0.15) is 0 Å². The van der Waals surface area contributed by atoms with E-state index in [2.05, 4.69) is 5.32 Å². The zero-order valence-electron chi connectivity index (χ0n) is 11.0. The molecule has 0 heterocycles. The van der Waals surface area contributed by atoms with Crippen molar-refractivity contribution in [2.45, 2.75) is 32.2 Å². The Morgan fingerprint density at radius 1 is 1.26 bits per heavy atom. The molecule has 3 fully saturated rings. The van der Waals surface area contributed by atoms with Gasteiger partial charge in [-0.3, -0.25) is 4.79 Å². The molecule has 1 N–H and O–H groups in total. The zero-order chi connectivity index (χ0) is 13.1. The third kappa shape index (κ3) is 1.63. The number of fused-ring (bicyclic) bond motifs is 5. The predicted octanol–water partition coefficient (Wildman–Crippen LogP) is 2.91. The van der Waals surface area contributed by atoms with Crippen LogP contribution in [-0.2, 0) is 0 Å². The fraction of sp³-hybridized carbons (Fsp3) is 0.562. The average Bonchev–Trinajstić information content (AvgIpc) is 2.78. The van der Waals surface area contributed by atoms with E-state index in [1.807, 2.05) is 0 Å². The Kier molecular flexibility index (Phi) is 2.30. The number of nitrogens with one attached hydrogen (secondary N) is 1. The van der Waals surface area contributed by atoms with E-state index in [0.717, 1.165) is 23.7 Å². The molecule has 3 aliphatic rings. The second kappa shape index (κ2) is 3.81. The molecule has 4 unspecified atom stereocenters. The SMILES string of the molecule is Cc1cc(F)ccc1C(=O)NC1C2C3CCC(C3)C12. The van der Waals surface area contributed by atoms with E-state index in [4.69, 9.17) is 0 Å². The minimum absolute atomic E-state index is 0.0312. The van der Waals surface area contributed by atoms with Crippen LogP contribution >= 0.6 is 0 Å². The average molecular weight is 259 g/mol. The second-order valence-electron chi connectivity index (χ2n) is 6.45. The molecule has 0 saturated heterocycles. The van der Waals surface area contributed by atoms with Crippen LogP contribution in [0.3, 0.4) is 0 Å². The number of hydrogen-bond donors (Lipinski definition) is 1. The summed E-state index contributed by atoms with van der Waals surface area (Å²) >= 11 is 0. The highest BCUT2D eigenvalue weighted by atomic mass is 19.1. The van der Waals surface area contributed by atoms with Crippen LogP contribution in [0, 0.1) is 36.4 Å². The third-order valence-electron chi connectivity index (χ3n) is 5.47. The van der Waals surface area contributed by atoms with Gasteiger partial charge in [0, 0.05) is 11.6 Å². The second-order valence-corrected chi connectivity index (χ2v) is 6.45. The number of benzene rings is 1. The van der Waals surface area contributed by atoms with Crippen molar-refractivity contribution < 1.29 is 9.18 Å². The van der Waals surface area contributed by atoms with Gasteiger partial charge in [-0.15, -0.1) is 0 Å². The van der Waals surface area contributed by atoms with Crippen molar-refractivity contribution in [2.75, 3.05) is 0 Å². The molecule has 1 aromatic rings. The van der Waals surface area contributed by atoms with Crippen molar-refractivity contribution in [3.05, 3.63) is 35.1 Å². The van der Waals surface area contributed by atoms with Crippen LogP contribution in [0.2, 0.25) is 0 Å². The molecule has 100 valence electrons. The molecule has 2 nitrogen and oxygen atoms in total. The summed E-state index contributed by atoms with van der Waals surface area (Å²) in [6.45, 7) is 1.79. The lowest BCUT2D eigenvalue weighted by Crippen LogP contribution is -2.30. The quantitative estimate of drug-likeness (QED) is 0.869. The molecule has 3 saturated carbocycles. The molecule has 0 aromatic heterocycles. The molecule has 4 rings (SSSR count). The number of carbonyl (C=O) groups is 1. The molecular weight excluding hydrogens is 241 g/mol. The normalized spacial score (nSPS) is 38.1. The van der Waals surface area contributed by atoms with Gasteiger partial charge in [-0.1, -0.05) is 0 Å². The van der Waals surface area contributed by atoms with Gasteiger partial charge in [-0.05, 0) is 73.6 Å². The number of hydrogen-bond acceptors (Lipinski definition) is 1. The first-order valence-corrected chi connectivity index (χ1v) is 7.22. The maximum atomic E-state index is 13.1. The van der Waals surface area contributed by atoms with Crippen molar-refractivity contribution in [1.29, 1.82) is 0 Å². The largest absolute Gasteiger partial charge is 0.349 e. The smallest absolute Gasteiger partial charge is 0.251 e. The molecule has 3 aliphatic carbocycles. The van der Waals surface area contributed by atoms with Crippen LogP contribution in [0.5, 0.6) is 0 Å². The zero-order valence-corrected chi connectivity index (χ0v) is 11.0. The van der Waals surface area contributed by atoms with Gasteiger partial charge >= 0.3 is 0 Å². The summed E-state index contributed by atoms with van der Waals surface area (Å²) in [5.74, 6) is 2.88. The van der Waals surface area contributed by atoms with Crippen LogP contribution in [0.1, 0.15) is 35.2 Å². The minimum Gasteiger partial charge on any atom is -0.349 e. The van der Waals surface area contributed by atoms with Crippen LogP contribution in [0.15, 0.2) is 18.2 Å². The van der Waals surface area contributed by atoms with Gasteiger partial charge < -0.3 is 5.32 Å². The fourth-order valence-corrected chi connectivity index (χ4v) is 4.63. The molecule has 1 aromatic carbocycles. The number of aryl methyl sites for hydroxylation is 1. The number of carbonyl (C=O) groups excluding carboxylic acids is 1. The Hall–Kier alpha value is -1.38. The van der Waals surface area contributed by atoms with Gasteiger partial charge in [-0.25, -0.2) is 4.39 Å². The maximum Gasteiger partial charge on any atom is 0.251 e. The Labute approximate surface area is 112 Å². The van der Waals surface area contributed by atoms with E-state index in [1.165, 1.54) is 31.4 Å². The summed E-state index contributed by atoms with van der Waals surface area (Å²) in [6.07, 6.45) is 4.10.